The normalized spacial score (nSPS) is 19.8. The molecule has 15 heavy (non-hydrogen) atoms. The molecule has 0 radical (unpaired) electrons. The molecular formula is C11H18N4. The van der Waals surface area contributed by atoms with E-state index in [0.717, 1.165) is 5.82 Å². The summed E-state index contributed by atoms with van der Waals surface area (Å²) in [5, 5.41) is 3.47. The van der Waals surface area contributed by atoms with Gasteiger partial charge in [-0.3, -0.25) is 0 Å². The predicted molar refractivity (Wildman–Crippen MR) is 61.6 cm³/mol. The molecule has 0 saturated heterocycles. The Morgan fingerprint density at radius 3 is 2.73 bits per heavy atom. The van der Waals surface area contributed by atoms with Gasteiger partial charge in [0.1, 0.15) is 5.82 Å². The molecule has 3 N–H and O–H groups in total. The fourth-order valence-corrected chi connectivity index (χ4v) is 2.21. The van der Waals surface area contributed by atoms with Crippen LogP contribution in [-0.2, 0) is 0 Å². The van der Waals surface area contributed by atoms with Crippen LogP contribution in [0.15, 0.2) is 12.3 Å². The molecule has 4 heteroatoms. The lowest BCUT2D eigenvalue weighted by Gasteiger charge is -2.35. The van der Waals surface area contributed by atoms with E-state index >= 15 is 0 Å². The van der Waals surface area contributed by atoms with Crippen molar-refractivity contribution in [2.45, 2.75) is 44.6 Å². The number of nitrogens with one attached hydrogen (secondary N) is 1. The summed E-state index contributed by atoms with van der Waals surface area (Å²) in [5.74, 6) is 1.17. The zero-order valence-corrected chi connectivity index (χ0v) is 9.16. The summed E-state index contributed by atoms with van der Waals surface area (Å²) in [7, 11) is 0. The van der Waals surface area contributed by atoms with Crippen LogP contribution in [0, 0.1) is 0 Å². The van der Waals surface area contributed by atoms with Crippen LogP contribution >= 0.6 is 0 Å². The van der Waals surface area contributed by atoms with Gasteiger partial charge in [-0.25, -0.2) is 4.98 Å². The second-order valence-electron chi connectivity index (χ2n) is 4.55. The van der Waals surface area contributed by atoms with Crippen molar-refractivity contribution in [2.24, 2.45) is 0 Å². The molecular weight excluding hydrogens is 188 g/mol. The number of nitrogen functional groups attached to an aromatic ring is 1. The summed E-state index contributed by atoms with van der Waals surface area (Å²) in [6.45, 7) is 2.25. The highest BCUT2D eigenvalue weighted by Gasteiger charge is 2.26. The minimum Gasteiger partial charge on any atom is -0.368 e. The number of aromatic nitrogens is 2. The summed E-state index contributed by atoms with van der Waals surface area (Å²) in [6.07, 6.45) is 8.04. The SMILES string of the molecule is CC1(Nc2ccnc(N)n2)CCCCC1. The summed E-state index contributed by atoms with van der Waals surface area (Å²) < 4.78 is 0. The van der Waals surface area contributed by atoms with Crippen molar-refractivity contribution < 1.29 is 0 Å². The van der Waals surface area contributed by atoms with Gasteiger partial charge in [0, 0.05) is 11.7 Å². The summed E-state index contributed by atoms with van der Waals surface area (Å²) >= 11 is 0. The van der Waals surface area contributed by atoms with Gasteiger partial charge in [0.05, 0.1) is 0 Å². The zero-order valence-electron chi connectivity index (χ0n) is 9.16. The van der Waals surface area contributed by atoms with Crippen molar-refractivity contribution in [1.29, 1.82) is 0 Å². The van der Waals surface area contributed by atoms with Crippen molar-refractivity contribution >= 4 is 11.8 Å². The third kappa shape index (κ3) is 2.58. The van der Waals surface area contributed by atoms with E-state index in [9.17, 15) is 0 Å². The first kappa shape index (κ1) is 10.2. The smallest absolute Gasteiger partial charge is 0.221 e. The molecule has 1 heterocycles. The predicted octanol–water partition coefficient (Wildman–Crippen LogP) is 2.19. The van der Waals surface area contributed by atoms with Gasteiger partial charge in [-0.15, -0.1) is 0 Å². The van der Waals surface area contributed by atoms with E-state index in [1.165, 1.54) is 32.1 Å². The Bertz CT molecular complexity index is 331. The van der Waals surface area contributed by atoms with E-state index in [0.29, 0.717) is 5.95 Å². The number of hydrogen-bond donors (Lipinski definition) is 2. The largest absolute Gasteiger partial charge is 0.368 e. The van der Waals surface area contributed by atoms with Crippen LogP contribution in [0.3, 0.4) is 0 Å². The Kier molecular flexibility index (Phi) is 2.75. The van der Waals surface area contributed by atoms with Crippen molar-refractivity contribution in [3.63, 3.8) is 0 Å². The van der Waals surface area contributed by atoms with Crippen molar-refractivity contribution in [2.75, 3.05) is 11.1 Å². The Hall–Kier alpha value is -1.32. The quantitative estimate of drug-likeness (QED) is 0.778. The molecule has 82 valence electrons. The third-order valence-corrected chi connectivity index (χ3v) is 3.06. The van der Waals surface area contributed by atoms with Gasteiger partial charge in [0.15, 0.2) is 0 Å². The van der Waals surface area contributed by atoms with E-state index in [-0.39, 0.29) is 5.54 Å². The fourth-order valence-electron chi connectivity index (χ4n) is 2.21. The number of rotatable bonds is 2. The molecule has 0 amide bonds. The van der Waals surface area contributed by atoms with Gasteiger partial charge in [-0.1, -0.05) is 19.3 Å². The van der Waals surface area contributed by atoms with Crippen LogP contribution in [0.5, 0.6) is 0 Å². The highest BCUT2D eigenvalue weighted by Crippen LogP contribution is 2.30. The molecule has 0 bridgehead atoms. The van der Waals surface area contributed by atoms with E-state index < -0.39 is 0 Å². The van der Waals surface area contributed by atoms with Crippen LogP contribution in [0.25, 0.3) is 0 Å². The molecule has 0 atom stereocenters. The van der Waals surface area contributed by atoms with E-state index in [1.807, 2.05) is 6.07 Å². The third-order valence-electron chi connectivity index (χ3n) is 3.06. The number of anilines is 2. The van der Waals surface area contributed by atoms with Crippen LogP contribution in [0.4, 0.5) is 11.8 Å². The van der Waals surface area contributed by atoms with Gasteiger partial charge in [-0.2, -0.15) is 4.98 Å². The fraction of sp³-hybridized carbons (Fsp3) is 0.636. The Morgan fingerprint density at radius 2 is 2.07 bits per heavy atom. The van der Waals surface area contributed by atoms with Gasteiger partial charge in [0.25, 0.3) is 0 Å². The standard InChI is InChI=1S/C11H18N4/c1-11(6-3-2-4-7-11)15-9-5-8-13-10(12)14-9/h5,8H,2-4,6-7H2,1H3,(H3,12,13,14,15). The lowest BCUT2D eigenvalue weighted by Crippen LogP contribution is -2.37. The molecule has 2 rings (SSSR count). The number of nitrogens with zero attached hydrogens (tertiary/aromatic N) is 2. The lowest BCUT2D eigenvalue weighted by molar-refractivity contribution is 0.348. The minimum absolute atomic E-state index is 0.180. The monoisotopic (exact) mass is 206 g/mol. The maximum Gasteiger partial charge on any atom is 0.221 e. The number of nitrogens with two attached hydrogens (primary N) is 1. The summed E-state index contributed by atoms with van der Waals surface area (Å²) in [6, 6.07) is 1.87. The van der Waals surface area contributed by atoms with Crippen LogP contribution < -0.4 is 11.1 Å². The van der Waals surface area contributed by atoms with Crippen molar-refractivity contribution in [3.05, 3.63) is 12.3 Å². The van der Waals surface area contributed by atoms with Crippen molar-refractivity contribution in [1.82, 2.24) is 9.97 Å². The average molecular weight is 206 g/mol. The molecule has 1 aliphatic carbocycles. The van der Waals surface area contributed by atoms with E-state index in [2.05, 4.69) is 22.2 Å². The van der Waals surface area contributed by atoms with Gasteiger partial charge < -0.3 is 11.1 Å². The number of hydrogen-bond acceptors (Lipinski definition) is 4. The Labute approximate surface area is 90.3 Å². The van der Waals surface area contributed by atoms with Crippen LogP contribution in [0.2, 0.25) is 0 Å². The molecule has 0 spiro atoms. The highest BCUT2D eigenvalue weighted by atomic mass is 15.1. The molecule has 1 aliphatic rings. The van der Waals surface area contributed by atoms with E-state index in [4.69, 9.17) is 5.73 Å². The molecule has 0 aromatic carbocycles. The minimum atomic E-state index is 0.180. The average Bonchev–Trinajstić information content (AvgIpc) is 2.18. The van der Waals surface area contributed by atoms with Crippen LogP contribution in [0.1, 0.15) is 39.0 Å². The van der Waals surface area contributed by atoms with Crippen molar-refractivity contribution in [3.8, 4) is 0 Å². The van der Waals surface area contributed by atoms with Crippen LogP contribution in [-0.4, -0.2) is 15.5 Å². The zero-order chi connectivity index (χ0) is 10.7. The van der Waals surface area contributed by atoms with Gasteiger partial charge in [-0.05, 0) is 25.8 Å². The second-order valence-corrected chi connectivity index (χ2v) is 4.55. The maximum atomic E-state index is 5.54. The Morgan fingerprint density at radius 1 is 1.33 bits per heavy atom. The molecule has 1 aromatic heterocycles. The first-order valence-corrected chi connectivity index (χ1v) is 5.55. The first-order chi connectivity index (χ1) is 7.18. The van der Waals surface area contributed by atoms with Gasteiger partial charge in [0.2, 0.25) is 5.95 Å². The lowest BCUT2D eigenvalue weighted by atomic mass is 9.83. The topological polar surface area (TPSA) is 63.8 Å². The summed E-state index contributed by atoms with van der Waals surface area (Å²) in [5.41, 5.74) is 5.72. The molecule has 1 fully saturated rings. The maximum absolute atomic E-state index is 5.54. The molecule has 1 aromatic rings. The molecule has 1 saturated carbocycles. The van der Waals surface area contributed by atoms with E-state index in [1.54, 1.807) is 6.20 Å². The Balaban J connectivity index is 2.06. The first-order valence-electron chi connectivity index (χ1n) is 5.55. The highest BCUT2D eigenvalue weighted by molar-refractivity contribution is 5.40. The van der Waals surface area contributed by atoms with Gasteiger partial charge >= 0.3 is 0 Å². The molecule has 0 aliphatic heterocycles. The second kappa shape index (κ2) is 4.04. The molecule has 4 nitrogen and oxygen atoms in total. The molecule has 0 unspecified atom stereocenters. The summed E-state index contributed by atoms with van der Waals surface area (Å²) in [4.78, 5) is 8.05.